The SMILES string of the molecule is O=C(Nc1c(F)cc(Br)cc1F)c1ccc(=O)[nH]n1. The van der Waals surface area contributed by atoms with Crippen molar-refractivity contribution in [3.05, 3.63) is 56.4 Å². The van der Waals surface area contributed by atoms with Gasteiger partial charge < -0.3 is 5.32 Å². The number of amides is 1. The average Bonchev–Trinajstić information content (AvgIpc) is 2.34. The maximum atomic E-state index is 13.5. The van der Waals surface area contributed by atoms with Gasteiger partial charge in [0.05, 0.1) is 0 Å². The molecule has 19 heavy (non-hydrogen) atoms. The van der Waals surface area contributed by atoms with Gasteiger partial charge in [-0.15, -0.1) is 0 Å². The van der Waals surface area contributed by atoms with Gasteiger partial charge in [0.15, 0.2) is 11.6 Å². The van der Waals surface area contributed by atoms with Crippen LogP contribution in [-0.4, -0.2) is 16.1 Å². The standard InChI is InChI=1S/C11H6BrF2N3O2/c12-5-3-6(13)10(7(14)4-5)15-11(19)8-1-2-9(18)17-16-8/h1-4H,(H,15,19)(H,17,18). The molecule has 98 valence electrons. The first-order chi connectivity index (χ1) is 8.97. The minimum atomic E-state index is -0.926. The van der Waals surface area contributed by atoms with Crippen LogP contribution in [-0.2, 0) is 0 Å². The average molecular weight is 330 g/mol. The van der Waals surface area contributed by atoms with E-state index in [2.05, 4.69) is 21.0 Å². The van der Waals surface area contributed by atoms with Gasteiger partial charge in [0.25, 0.3) is 11.5 Å². The van der Waals surface area contributed by atoms with Crippen molar-refractivity contribution in [3.63, 3.8) is 0 Å². The maximum absolute atomic E-state index is 13.5. The number of hydrogen-bond donors (Lipinski definition) is 2. The van der Waals surface area contributed by atoms with Crippen LogP contribution < -0.4 is 10.9 Å². The topological polar surface area (TPSA) is 74.8 Å². The summed E-state index contributed by atoms with van der Waals surface area (Å²) in [5.41, 5.74) is -1.24. The van der Waals surface area contributed by atoms with E-state index < -0.39 is 28.8 Å². The summed E-state index contributed by atoms with van der Waals surface area (Å²) in [6.07, 6.45) is 0. The molecule has 1 amide bonds. The van der Waals surface area contributed by atoms with Crippen molar-refractivity contribution < 1.29 is 13.6 Å². The van der Waals surface area contributed by atoms with Crippen LogP contribution in [0, 0.1) is 11.6 Å². The first-order valence-electron chi connectivity index (χ1n) is 4.99. The molecule has 0 atom stereocenters. The summed E-state index contributed by atoms with van der Waals surface area (Å²) in [7, 11) is 0. The van der Waals surface area contributed by atoms with Crippen LogP contribution >= 0.6 is 15.9 Å². The monoisotopic (exact) mass is 329 g/mol. The van der Waals surface area contributed by atoms with Crippen LogP contribution in [0.5, 0.6) is 0 Å². The molecular formula is C11H6BrF2N3O2. The lowest BCUT2D eigenvalue weighted by atomic mass is 10.2. The summed E-state index contributed by atoms with van der Waals surface area (Å²) < 4.78 is 27.2. The molecule has 1 aromatic carbocycles. The molecular weight excluding hydrogens is 324 g/mol. The third kappa shape index (κ3) is 3.02. The minimum absolute atomic E-state index is 0.165. The van der Waals surface area contributed by atoms with Crippen molar-refractivity contribution in [2.75, 3.05) is 5.32 Å². The third-order valence-electron chi connectivity index (χ3n) is 2.16. The third-order valence-corrected chi connectivity index (χ3v) is 2.62. The number of aromatic amines is 1. The van der Waals surface area contributed by atoms with Crippen molar-refractivity contribution in [1.29, 1.82) is 0 Å². The zero-order chi connectivity index (χ0) is 14.0. The van der Waals surface area contributed by atoms with Crippen LogP contribution in [0.15, 0.2) is 33.5 Å². The fourth-order valence-electron chi connectivity index (χ4n) is 1.31. The van der Waals surface area contributed by atoms with E-state index in [0.29, 0.717) is 0 Å². The molecule has 0 radical (unpaired) electrons. The van der Waals surface area contributed by atoms with Gasteiger partial charge in [-0.2, -0.15) is 5.10 Å². The van der Waals surface area contributed by atoms with E-state index in [1.54, 1.807) is 0 Å². The van der Waals surface area contributed by atoms with Gasteiger partial charge in [0.1, 0.15) is 11.4 Å². The van der Waals surface area contributed by atoms with E-state index in [-0.39, 0.29) is 10.2 Å². The number of nitrogens with one attached hydrogen (secondary N) is 2. The molecule has 0 unspecified atom stereocenters. The summed E-state index contributed by atoms with van der Waals surface area (Å²) >= 11 is 2.92. The second-order valence-electron chi connectivity index (χ2n) is 3.50. The number of carbonyl (C=O) groups excluding carboxylic acids is 1. The normalized spacial score (nSPS) is 10.3. The van der Waals surface area contributed by atoms with Crippen LogP contribution in [0.3, 0.4) is 0 Å². The molecule has 0 bridgehead atoms. The van der Waals surface area contributed by atoms with E-state index in [1.165, 1.54) is 0 Å². The maximum Gasteiger partial charge on any atom is 0.276 e. The lowest BCUT2D eigenvalue weighted by Crippen LogP contribution is -2.18. The minimum Gasteiger partial charge on any atom is -0.316 e. The summed E-state index contributed by atoms with van der Waals surface area (Å²) in [5.74, 6) is -2.69. The van der Waals surface area contributed by atoms with E-state index >= 15 is 0 Å². The van der Waals surface area contributed by atoms with Crippen molar-refractivity contribution in [3.8, 4) is 0 Å². The predicted molar refractivity (Wildman–Crippen MR) is 66.9 cm³/mol. The molecule has 0 saturated carbocycles. The fraction of sp³-hybridized carbons (Fsp3) is 0. The second-order valence-corrected chi connectivity index (χ2v) is 4.42. The summed E-state index contributed by atoms with van der Waals surface area (Å²) in [5, 5.41) is 7.54. The van der Waals surface area contributed by atoms with Crippen LogP contribution in [0.4, 0.5) is 14.5 Å². The highest BCUT2D eigenvalue weighted by Crippen LogP contribution is 2.23. The molecule has 0 aliphatic heterocycles. The Kier molecular flexibility index (Phi) is 3.70. The molecule has 5 nitrogen and oxygen atoms in total. The zero-order valence-corrected chi connectivity index (χ0v) is 10.8. The Hall–Kier alpha value is -2.09. The number of benzene rings is 1. The van der Waals surface area contributed by atoms with Gasteiger partial charge in [-0.3, -0.25) is 9.59 Å². The lowest BCUT2D eigenvalue weighted by molar-refractivity contribution is 0.102. The smallest absolute Gasteiger partial charge is 0.276 e. The summed E-state index contributed by atoms with van der Waals surface area (Å²) in [4.78, 5) is 22.4. The lowest BCUT2D eigenvalue weighted by Gasteiger charge is -2.07. The highest BCUT2D eigenvalue weighted by molar-refractivity contribution is 9.10. The Bertz CT molecular complexity index is 659. The number of carbonyl (C=O) groups is 1. The van der Waals surface area contributed by atoms with Crippen molar-refractivity contribution in [2.24, 2.45) is 0 Å². The Balaban J connectivity index is 2.29. The molecule has 0 spiro atoms. The fourth-order valence-corrected chi connectivity index (χ4v) is 1.71. The number of rotatable bonds is 2. The largest absolute Gasteiger partial charge is 0.316 e. The number of aromatic nitrogens is 2. The highest BCUT2D eigenvalue weighted by atomic mass is 79.9. The molecule has 1 heterocycles. The molecule has 2 aromatic rings. The molecule has 8 heteroatoms. The number of H-pyrrole nitrogens is 1. The zero-order valence-electron chi connectivity index (χ0n) is 9.21. The van der Waals surface area contributed by atoms with Crippen LogP contribution in [0.25, 0.3) is 0 Å². The van der Waals surface area contributed by atoms with Crippen LogP contribution in [0.1, 0.15) is 10.5 Å². The van der Waals surface area contributed by atoms with Gasteiger partial charge in [-0.1, -0.05) is 15.9 Å². The van der Waals surface area contributed by atoms with Gasteiger partial charge in [-0.05, 0) is 18.2 Å². The number of anilines is 1. The molecule has 2 rings (SSSR count). The van der Waals surface area contributed by atoms with Gasteiger partial charge in [0, 0.05) is 10.5 Å². The second kappa shape index (κ2) is 5.27. The van der Waals surface area contributed by atoms with Crippen molar-refractivity contribution in [2.45, 2.75) is 0 Å². The summed E-state index contributed by atoms with van der Waals surface area (Å²) in [6, 6.07) is 4.25. The van der Waals surface area contributed by atoms with E-state index in [4.69, 9.17) is 0 Å². The predicted octanol–water partition coefficient (Wildman–Crippen LogP) is 2.06. The number of halogens is 3. The van der Waals surface area contributed by atoms with Crippen molar-refractivity contribution >= 4 is 27.5 Å². The molecule has 0 aliphatic carbocycles. The highest BCUT2D eigenvalue weighted by Gasteiger charge is 2.15. The van der Waals surface area contributed by atoms with Gasteiger partial charge in [0.2, 0.25) is 0 Å². The molecule has 0 fully saturated rings. The first-order valence-corrected chi connectivity index (χ1v) is 5.78. The molecule has 0 saturated heterocycles. The van der Waals surface area contributed by atoms with Crippen molar-refractivity contribution in [1.82, 2.24) is 10.2 Å². The first kappa shape index (κ1) is 13.3. The molecule has 1 aromatic heterocycles. The van der Waals surface area contributed by atoms with Crippen LogP contribution in [0.2, 0.25) is 0 Å². The van der Waals surface area contributed by atoms with Gasteiger partial charge >= 0.3 is 0 Å². The Labute approximate surface area is 113 Å². The van der Waals surface area contributed by atoms with Gasteiger partial charge in [-0.25, -0.2) is 13.9 Å². The van der Waals surface area contributed by atoms with E-state index in [0.717, 1.165) is 24.3 Å². The van der Waals surface area contributed by atoms with E-state index in [1.807, 2.05) is 10.4 Å². The Morgan fingerprint density at radius 3 is 2.42 bits per heavy atom. The molecule has 0 aliphatic rings. The summed E-state index contributed by atoms with van der Waals surface area (Å²) in [6.45, 7) is 0. The molecule has 2 N–H and O–H groups in total. The quantitative estimate of drug-likeness (QED) is 0.885. The Morgan fingerprint density at radius 1 is 1.26 bits per heavy atom. The number of hydrogen-bond acceptors (Lipinski definition) is 3. The Morgan fingerprint density at radius 2 is 1.89 bits per heavy atom. The van der Waals surface area contributed by atoms with E-state index in [9.17, 15) is 18.4 Å². The number of nitrogens with zero attached hydrogens (tertiary/aromatic N) is 1.